The maximum absolute atomic E-state index is 11.8. The van der Waals surface area contributed by atoms with Crippen molar-refractivity contribution in [1.82, 2.24) is 5.43 Å². The Morgan fingerprint density at radius 1 is 1.50 bits per heavy atom. The number of benzene rings is 1. The smallest absolute Gasteiger partial charge is 0.272 e. The Hall–Kier alpha value is -2.29. The van der Waals surface area contributed by atoms with E-state index in [4.69, 9.17) is 0 Å². The first-order valence-electron chi connectivity index (χ1n) is 6.57. The van der Waals surface area contributed by atoms with Crippen molar-refractivity contribution in [2.45, 2.75) is 13.3 Å². The number of hydrazone groups is 1. The first kappa shape index (κ1) is 16.1. The molecular formula is C13H15N3O5S. The molecule has 1 aliphatic rings. The Labute approximate surface area is 127 Å². The van der Waals surface area contributed by atoms with Gasteiger partial charge < -0.3 is 0 Å². The number of nitro groups is 1. The third-order valence-corrected chi connectivity index (χ3v) is 5.19. The summed E-state index contributed by atoms with van der Waals surface area (Å²) in [7, 11) is -3.13. The Bertz CT molecular complexity index is 742. The van der Waals surface area contributed by atoms with Crippen molar-refractivity contribution in [3.05, 3.63) is 39.4 Å². The van der Waals surface area contributed by atoms with Gasteiger partial charge >= 0.3 is 0 Å². The molecule has 8 nitrogen and oxygen atoms in total. The number of carbonyl (C=O) groups excluding carboxylic acids is 1. The van der Waals surface area contributed by atoms with Crippen LogP contribution in [0.4, 0.5) is 5.69 Å². The molecule has 1 heterocycles. The zero-order valence-corrected chi connectivity index (χ0v) is 12.7. The van der Waals surface area contributed by atoms with Gasteiger partial charge in [-0.25, -0.2) is 13.8 Å². The predicted octanol–water partition coefficient (Wildman–Crippen LogP) is 0.788. The lowest BCUT2D eigenvalue weighted by atomic mass is 10.1. The molecule has 1 N–H and O–H groups in total. The SMILES string of the molecule is Cc1ccc(/C=N\NC(=O)[C@@H]2CCS(=O)(=O)C2)cc1[N+](=O)[O-]. The Balaban J connectivity index is 2.00. The maximum Gasteiger partial charge on any atom is 0.272 e. The first-order valence-corrected chi connectivity index (χ1v) is 8.39. The van der Waals surface area contributed by atoms with E-state index < -0.39 is 26.6 Å². The summed E-state index contributed by atoms with van der Waals surface area (Å²) in [6, 6.07) is 4.58. The number of hydrogen-bond donors (Lipinski definition) is 1. The number of amides is 1. The van der Waals surface area contributed by atoms with Gasteiger partial charge in [-0.05, 0) is 13.3 Å². The maximum atomic E-state index is 11.8. The normalized spacial score (nSPS) is 20.1. The summed E-state index contributed by atoms with van der Waals surface area (Å²) in [4.78, 5) is 22.1. The molecule has 0 radical (unpaired) electrons. The van der Waals surface area contributed by atoms with E-state index >= 15 is 0 Å². The van der Waals surface area contributed by atoms with Gasteiger partial charge in [0.15, 0.2) is 9.84 Å². The average molecular weight is 325 g/mol. The van der Waals surface area contributed by atoms with Gasteiger partial charge in [0, 0.05) is 17.2 Å². The quantitative estimate of drug-likeness (QED) is 0.498. The van der Waals surface area contributed by atoms with Gasteiger partial charge in [-0.3, -0.25) is 14.9 Å². The van der Waals surface area contributed by atoms with E-state index in [0.29, 0.717) is 17.5 Å². The van der Waals surface area contributed by atoms with E-state index in [0.717, 1.165) is 0 Å². The molecule has 0 aromatic heterocycles. The standard InChI is InChI=1S/C13H15N3O5S/c1-9-2-3-10(6-12(9)16(18)19)7-14-15-13(17)11-4-5-22(20,21)8-11/h2-3,6-7,11H,4-5,8H2,1H3,(H,15,17)/b14-7-/t11-/m1/s1. The lowest BCUT2D eigenvalue weighted by Gasteiger charge is -2.04. The van der Waals surface area contributed by atoms with Crippen LogP contribution in [0.2, 0.25) is 0 Å². The number of sulfone groups is 1. The fourth-order valence-electron chi connectivity index (χ4n) is 2.17. The molecule has 0 spiro atoms. The van der Waals surface area contributed by atoms with E-state index in [1.807, 2.05) is 0 Å². The van der Waals surface area contributed by atoms with E-state index in [1.54, 1.807) is 19.1 Å². The molecule has 22 heavy (non-hydrogen) atoms. The third kappa shape index (κ3) is 3.88. The molecule has 1 aromatic rings. The van der Waals surface area contributed by atoms with Gasteiger partial charge in [-0.1, -0.05) is 12.1 Å². The van der Waals surface area contributed by atoms with Crippen LogP contribution in [-0.2, 0) is 14.6 Å². The highest BCUT2D eigenvalue weighted by molar-refractivity contribution is 7.91. The van der Waals surface area contributed by atoms with Gasteiger partial charge in [0.05, 0.1) is 28.6 Å². The van der Waals surface area contributed by atoms with E-state index in [-0.39, 0.29) is 17.2 Å². The van der Waals surface area contributed by atoms with Crippen molar-refractivity contribution >= 4 is 27.6 Å². The van der Waals surface area contributed by atoms with Gasteiger partial charge in [0.2, 0.25) is 5.91 Å². The van der Waals surface area contributed by atoms with Gasteiger partial charge in [-0.15, -0.1) is 0 Å². The summed E-state index contributed by atoms with van der Waals surface area (Å²) in [6.45, 7) is 1.63. The van der Waals surface area contributed by atoms with Crippen LogP contribution < -0.4 is 5.43 Å². The summed E-state index contributed by atoms with van der Waals surface area (Å²) < 4.78 is 22.6. The minimum absolute atomic E-state index is 0.0129. The topological polar surface area (TPSA) is 119 Å². The molecule has 1 aromatic carbocycles. The first-order chi connectivity index (χ1) is 10.3. The highest BCUT2D eigenvalue weighted by Gasteiger charge is 2.32. The molecule has 0 unspecified atom stereocenters. The highest BCUT2D eigenvalue weighted by Crippen LogP contribution is 2.19. The number of nitro benzene ring substituents is 1. The molecule has 1 aliphatic heterocycles. The second kappa shape index (κ2) is 6.22. The summed E-state index contributed by atoms with van der Waals surface area (Å²) in [5.74, 6) is -1.20. The Morgan fingerprint density at radius 3 is 2.82 bits per heavy atom. The molecule has 1 fully saturated rings. The summed E-state index contributed by atoms with van der Waals surface area (Å²) in [6.07, 6.45) is 1.58. The van der Waals surface area contributed by atoms with Crippen LogP contribution in [0.5, 0.6) is 0 Å². The fraction of sp³-hybridized carbons (Fsp3) is 0.385. The highest BCUT2D eigenvalue weighted by atomic mass is 32.2. The minimum atomic E-state index is -3.13. The molecular weight excluding hydrogens is 310 g/mol. The van der Waals surface area contributed by atoms with Crippen LogP contribution in [0.15, 0.2) is 23.3 Å². The number of rotatable bonds is 4. The van der Waals surface area contributed by atoms with Crippen LogP contribution in [0, 0.1) is 23.0 Å². The van der Waals surface area contributed by atoms with Crippen molar-refractivity contribution in [2.75, 3.05) is 11.5 Å². The molecule has 1 saturated heterocycles. The summed E-state index contributed by atoms with van der Waals surface area (Å²) in [5.41, 5.74) is 3.24. The molecule has 2 rings (SSSR count). The number of carbonyl (C=O) groups is 1. The van der Waals surface area contributed by atoms with Crippen molar-refractivity contribution in [3.8, 4) is 0 Å². The molecule has 0 bridgehead atoms. The largest absolute Gasteiger partial charge is 0.273 e. The zero-order valence-electron chi connectivity index (χ0n) is 11.9. The number of nitrogens with zero attached hydrogens (tertiary/aromatic N) is 2. The predicted molar refractivity (Wildman–Crippen MR) is 80.3 cm³/mol. The van der Waals surface area contributed by atoms with Gasteiger partial charge in [-0.2, -0.15) is 5.10 Å². The van der Waals surface area contributed by atoms with E-state index in [9.17, 15) is 23.3 Å². The lowest BCUT2D eigenvalue weighted by molar-refractivity contribution is -0.385. The van der Waals surface area contributed by atoms with Crippen LogP contribution in [-0.4, -0.2) is 37.0 Å². The zero-order chi connectivity index (χ0) is 16.3. The van der Waals surface area contributed by atoms with Crippen LogP contribution in [0.3, 0.4) is 0 Å². The molecule has 1 atom stereocenters. The van der Waals surface area contributed by atoms with E-state index in [1.165, 1.54) is 12.3 Å². The van der Waals surface area contributed by atoms with Crippen molar-refractivity contribution in [3.63, 3.8) is 0 Å². The number of nitrogens with one attached hydrogen (secondary N) is 1. The number of aryl methyl sites for hydroxylation is 1. The summed E-state index contributed by atoms with van der Waals surface area (Å²) >= 11 is 0. The van der Waals surface area contributed by atoms with Crippen LogP contribution >= 0.6 is 0 Å². The molecule has 9 heteroatoms. The van der Waals surface area contributed by atoms with Crippen LogP contribution in [0.25, 0.3) is 0 Å². The monoisotopic (exact) mass is 325 g/mol. The third-order valence-electron chi connectivity index (χ3n) is 3.42. The van der Waals surface area contributed by atoms with Gasteiger partial charge in [0.1, 0.15) is 0 Å². The number of hydrogen-bond acceptors (Lipinski definition) is 6. The van der Waals surface area contributed by atoms with Crippen LogP contribution in [0.1, 0.15) is 17.5 Å². The van der Waals surface area contributed by atoms with Crippen molar-refractivity contribution in [1.29, 1.82) is 0 Å². The van der Waals surface area contributed by atoms with Crippen molar-refractivity contribution < 1.29 is 18.1 Å². The van der Waals surface area contributed by atoms with Crippen molar-refractivity contribution in [2.24, 2.45) is 11.0 Å². The molecule has 0 saturated carbocycles. The lowest BCUT2D eigenvalue weighted by Crippen LogP contribution is -2.27. The summed E-state index contributed by atoms with van der Waals surface area (Å²) in [5, 5.41) is 14.5. The van der Waals surface area contributed by atoms with E-state index in [2.05, 4.69) is 10.5 Å². The molecule has 0 aliphatic carbocycles. The second-order valence-electron chi connectivity index (χ2n) is 5.14. The minimum Gasteiger partial charge on any atom is -0.273 e. The molecule has 1 amide bonds. The average Bonchev–Trinajstić information content (AvgIpc) is 2.80. The second-order valence-corrected chi connectivity index (χ2v) is 7.37. The Morgan fingerprint density at radius 2 is 2.23 bits per heavy atom. The fourth-order valence-corrected chi connectivity index (χ4v) is 3.91. The van der Waals surface area contributed by atoms with Gasteiger partial charge in [0.25, 0.3) is 5.69 Å². The molecule has 118 valence electrons. The Kier molecular flexibility index (Phi) is 4.55.